The number of ketones is 5. The number of carbonyl (C=O) groups excluding carboxylic acids is 5. The number of aliphatic carboxylic acids is 1. The zero-order chi connectivity index (χ0) is 44.9. The summed E-state index contributed by atoms with van der Waals surface area (Å²) in [5.74, 6) is -9.16. The molecule has 0 spiro atoms. The van der Waals surface area contributed by atoms with E-state index in [1.165, 1.54) is 83.1 Å². The number of carboxylic acid groups (broad SMARTS) is 1. The summed E-state index contributed by atoms with van der Waals surface area (Å²) >= 11 is 0. The van der Waals surface area contributed by atoms with Crippen LogP contribution in [0.1, 0.15) is 124 Å². The fraction of sp³-hybridized carbons (Fsp3) is 0.591. The third kappa shape index (κ3) is 8.26. The van der Waals surface area contributed by atoms with Crippen LogP contribution in [0.3, 0.4) is 0 Å². The molecule has 3 rings (SSSR count). The van der Waals surface area contributed by atoms with Gasteiger partial charge in [-0.2, -0.15) is 0 Å². The van der Waals surface area contributed by atoms with E-state index < -0.39 is 110 Å². The van der Waals surface area contributed by atoms with Gasteiger partial charge in [0.05, 0.1) is 12.7 Å². The second-order valence-corrected chi connectivity index (χ2v) is 19.3. The zero-order valence-electron chi connectivity index (χ0n) is 36.0. The first kappa shape index (κ1) is 48.0. The van der Waals surface area contributed by atoms with Gasteiger partial charge >= 0.3 is 5.97 Å². The first-order chi connectivity index (χ1) is 26.2. The number of benzene rings is 2. The monoisotopic (exact) mass is 812 g/mol. The lowest BCUT2D eigenvalue weighted by Gasteiger charge is -2.61. The maximum atomic E-state index is 15.1. The van der Waals surface area contributed by atoms with E-state index >= 15 is 9.59 Å². The third-order valence-electron chi connectivity index (χ3n) is 10.5. The van der Waals surface area contributed by atoms with E-state index in [0.29, 0.717) is 5.56 Å². The van der Waals surface area contributed by atoms with Crippen LogP contribution in [0, 0.1) is 21.7 Å². The highest BCUT2D eigenvalue weighted by atomic mass is 16.6. The van der Waals surface area contributed by atoms with Crippen LogP contribution in [0.15, 0.2) is 42.5 Å². The average molecular weight is 813 g/mol. The number of carbonyl (C=O) groups is 6. The first-order valence-corrected chi connectivity index (χ1v) is 19.0. The zero-order valence-corrected chi connectivity index (χ0v) is 36.0. The van der Waals surface area contributed by atoms with Crippen LogP contribution in [-0.4, -0.2) is 103 Å². The summed E-state index contributed by atoms with van der Waals surface area (Å²) in [5.41, 5.74) is -18.1. The molecule has 1 fully saturated rings. The lowest BCUT2D eigenvalue weighted by atomic mass is 9.51. The van der Waals surface area contributed by atoms with Crippen molar-refractivity contribution < 1.29 is 68.5 Å². The lowest BCUT2D eigenvalue weighted by molar-refractivity contribution is -0.322. The van der Waals surface area contributed by atoms with E-state index in [9.17, 15) is 44.7 Å². The normalized spacial score (nSPS) is 25.3. The van der Waals surface area contributed by atoms with Gasteiger partial charge in [-0.15, -0.1) is 0 Å². The Hall–Kier alpha value is -4.34. The van der Waals surface area contributed by atoms with Crippen LogP contribution in [0.4, 0.5) is 0 Å². The van der Waals surface area contributed by atoms with Gasteiger partial charge in [0.25, 0.3) is 0 Å². The minimum Gasteiger partial charge on any atom is -0.496 e. The number of hydrogen-bond donors (Lipinski definition) is 5. The Labute approximate surface area is 339 Å². The van der Waals surface area contributed by atoms with Crippen molar-refractivity contribution in [2.45, 2.75) is 131 Å². The predicted octanol–water partition coefficient (Wildman–Crippen LogP) is 4.60. The highest BCUT2D eigenvalue weighted by Crippen LogP contribution is 2.58. The van der Waals surface area contributed by atoms with E-state index in [1.54, 1.807) is 37.3 Å². The predicted molar refractivity (Wildman–Crippen MR) is 212 cm³/mol. The van der Waals surface area contributed by atoms with Crippen molar-refractivity contribution in [3.63, 3.8) is 0 Å². The summed E-state index contributed by atoms with van der Waals surface area (Å²) in [6, 6.07) is 10.6. The van der Waals surface area contributed by atoms with Gasteiger partial charge in [-0.25, -0.2) is 4.79 Å². The van der Waals surface area contributed by atoms with Gasteiger partial charge in [0.2, 0.25) is 5.60 Å². The van der Waals surface area contributed by atoms with Gasteiger partial charge in [-0.1, -0.05) is 120 Å². The van der Waals surface area contributed by atoms with Crippen molar-refractivity contribution in [3.8, 4) is 11.5 Å². The second kappa shape index (κ2) is 16.0. The molecule has 58 heavy (non-hydrogen) atoms. The number of rotatable bonds is 13. The number of aliphatic hydroxyl groups excluding tert-OH is 1. The molecular formula is C44H60O14. The number of methoxy groups -OCH3 is 1. The summed E-state index contributed by atoms with van der Waals surface area (Å²) in [4.78, 5) is 85.7. The topological polar surface area (TPSA) is 231 Å². The number of Topliss-reactive ketones (excluding diaryl/α,β-unsaturated/α-hetero) is 5. The quantitative estimate of drug-likeness (QED) is 0.174. The van der Waals surface area contributed by atoms with Crippen LogP contribution in [0.5, 0.6) is 11.5 Å². The summed E-state index contributed by atoms with van der Waals surface area (Å²) < 4.78 is 17.6. The van der Waals surface area contributed by atoms with E-state index in [2.05, 4.69) is 0 Å². The smallest absolute Gasteiger partial charge is 0.341 e. The second-order valence-electron chi connectivity index (χ2n) is 19.3. The molecule has 1 saturated heterocycles. The third-order valence-corrected chi connectivity index (χ3v) is 10.5. The van der Waals surface area contributed by atoms with E-state index in [0.717, 1.165) is 19.2 Å². The van der Waals surface area contributed by atoms with Crippen LogP contribution in [0.2, 0.25) is 0 Å². The Kier molecular flexibility index (Phi) is 13.3. The molecule has 0 saturated carbocycles. The number of aliphatic hydroxyl groups is 4. The van der Waals surface area contributed by atoms with Gasteiger partial charge in [0.15, 0.2) is 52.8 Å². The minimum atomic E-state index is -3.93. The summed E-state index contributed by atoms with van der Waals surface area (Å²) in [5, 5.41) is 60.8. The van der Waals surface area contributed by atoms with E-state index in [-0.39, 0.29) is 17.1 Å². The van der Waals surface area contributed by atoms with Crippen molar-refractivity contribution in [1.82, 2.24) is 0 Å². The Balaban J connectivity index is 2.73. The van der Waals surface area contributed by atoms with Crippen molar-refractivity contribution >= 4 is 34.9 Å². The highest BCUT2D eigenvalue weighted by molar-refractivity contribution is 6.13. The van der Waals surface area contributed by atoms with Gasteiger partial charge in [0, 0.05) is 33.8 Å². The average Bonchev–Trinajstić information content (AvgIpc) is 3.12. The largest absolute Gasteiger partial charge is 0.496 e. The van der Waals surface area contributed by atoms with Crippen LogP contribution < -0.4 is 9.47 Å². The SMILES string of the molecule is COc1cc(OCC(=O)O)c(C(=O)C(C)c2ccccc2)cc1[C@@H]1O[C@H](C(=O)C(O)C(C)(C)C)[C@](O)(C(=O)C(C)(C)C)[C@@](O)(C(=O)C(C)(C)C)[C@]1(O)C(=O)C(C)(C)C. The molecular weight excluding hydrogens is 752 g/mol. The Morgan fingerprint density at radius 2 is 1.22 bits per heavy atom. The number of carboxylic acids is 1. The molecule has 2 aromatic rings. The standard InChI is InChI=1S/C44H60O14/c1-23(24-18-16-15-17-19-24)30(47)25-20-26(27(56-14)21-28(25)57-22-29(45)46)33-42(53,35(50)39(5,6)7)44(55,37(52)41(11,12)13)43(54,36(51)40(8,9)10)34(58-33)31(48)32(49)38(2,3)4/h15-21,23,32-34,49,53-55H,22H2,1-14H3,(H,45,46)/t23?,32?,33-,34+,42+,43-,44+/m0/s1. The summed E-state index contributed by atoms with van der Waals surface area (Å²) in [6.45, 7) is 17.0. The Morgan fingerprint density at radius 1 is 0.741 bits per heavy atom. The fourth-order valence-corrected chi connectivity index (χ4v) is 7.28. The molecule has 14 nitrogen and oxygen atoms in total. The van der Waals surface area contributed by atoms with E-state index in [4.69, 9.17) is 14.2 Å². The van der Waals surface area contributed by atoms with Gasteiger partial charge in [-0.05, 0) is 17.0 Å². The van der Waals surface area contributed by atoms with Crippen LogP contribution in [-0.2, 0) is 28.7 Å². The molecule has 0 radical (unpaired) electrons. The molecule has 5 N–H and O–H groups in total. The van der Waals surface area contributed by atoms with Gasteiger partial charge in [0.1, 0.15) is 23.7 Å². The van der Waals surface area contributed by atoms with Crippen molar-refractivity contribution in [2.75, 3.05) is 13.7 Å². The van der Waals surface area contributed by atoms with Gasteiger partial charge in [-0.3, -0.25) is 24.0 Å². The van der Waals surface area contributed by atoms with Crippen LogP contribution in [0.25, 0.3) is 0 Å². The van der Waals surface area contributed by atoms with Crippen molar-refractivity contribution in [2.24, 2.45) is 21.7 Å². The molecule has 7 atom stereocenters. The van der Waals surface area contributed by atoms with Gasteiger partial charge < -0.3 is 39.7 Å². The lowest BCUT2D eigenvalue weighted by Crippen LogP contribution is -2.88. The maximum Gasteiger partial charge on any atom is 0.341 e. The molecule has 2 aromatic carbocycles. The molecule has 1 heterocycles. The van der Waals surface area contributed by atoms with Crippen LogP contribution >= 0.6 is 0 Å². The molecule has 320 valence electrons. The summed E-state index contributed by atoms with van der Waals surface area (Å²) in [7, 11) is 1.14. The van der Waals surface area contributed by atoms with Crippen molar-refractivity contribution in [3.05, 3.63) is 59.2 Å². The van der Waals surface area contributed by atoms with Crippen molar-refractivity contribution in [1.29, 1.82) is 0 Å². The molecule has 0 amide bonds. The molecule has 1 aliphatic heterocycles. The molecule has 0 bridgehead atoms. The molecule has 2 unspecified atom stereocenters. The molecule has 1 aliphatic rings. The fourth-order valence-electron chi connectivity index (χ4n) is 7.28. The Morgan fingerprint density at radius 3 is 1.66 bits per heavy atom. The molecule has 14 heteroatoms. The summed E-state index contributed by atoms with van der Waals surface area (Å²) in [6.07, 6.45) is -7.11. The number of ether oxygens (including phenoxy) is 3. The minimum absolute atomic E-state index is 0.312. The Bertz CT molecular complexity index is 1940. The maximum absolute atomic E-state index is 15.1. The first-order valence-electron chi connectivity index (χ1n) is 19.0. The number of hydrogen-bond acceptors (Lipinski definition) is 13. The highest BCUT2D eigenvalue weighted by Gasteiger charge is 2.83. The molecule has 0 aromatic heterocycles. The van der Waals surface area contributed by atoms with E-state index in [1.807, 2.05) is 0 Å². The molecule has 0 aliphatic carbocycles.